The second-order valence-corrected chi connectivity index (χ2v) is 4.97. The zero-order valence-electron chi connectivity index (χ0n) is 12.1. The number of halogens is 1. The molecule has 0 saturated heterocycles. The molecule has 2 heterocycles. The van der Waals surface area contributed by atoms with Gasteiger partial charge in [0, 0.05) is 37.6 Å². The van der Waals surface area contributed by atoms with Crippen LogP contribution in [0.5, 0.6) is 0 Å². The minimum absolute atomic E-state index is 0. The van der Waals surface area contributed by atoms with Gasteiger partial charge < -0.3 is 5.32 Å². The molecule has 0 aliphatic heterocycles. The van der Waals surface area contributed by atoms with E-state index in [4.69, 9.17) is 0 Å². The average molecular weight is 284 g/mol. The fraction of sp³-hybridized carbons (Fsp3) is 0.538. The monoisotopic (exact) mass is 283 g/mol. The molecule has 19 heavy (non-hydrogen) atoms. The van der Waals surface area contributed by atoms with Crippen LogP contribution in [-0.4, -0.2) is 19.6 Å². The molecule has 0 radical (unpaired) electrons. The molecule has 2 aromatic rings. The molecule has 0 bridgehead atoms. The number of hydrogen-bond acceptors (Lipinski definition) is 3. The maximum atomic E-state index is 4.48. The predicted octanol–water partition coefficient (Wildman–Crippen LogP) is 2.85. The number of nitrogens with zero attached hydrogens (tertiary/aromatic N) is 4. The van der Waals surface area contributed by atoms with Crippen LogP contribution in [-0.2, 0) is 13.6 Å². The fourth-order valence-electron chi connectivity index (χ4n) is 1.93. The van der Waals surface area contributed by atoms with Crippen LogP contribution < -0.4 is 5.32 Å². The summed E-state index contributed by atoms with van der Waals surface area (Å²) in [6, 6.07) is 0.388. The summed E-state index contributed by atoms with van der Waals surface area (Å²) in [5.74, 6) is 0. The van der Waals surface area contributed by atoms with E-state index in [1.165, 1.54) is 5.56 Å². The van der Waals surface area contributed by atoms with Gasteiger partial charge in [0.15, 0.2) is 0 Å². The maximum Gasteiger partial charge on any atom is 0.0825 e. The maximum absolute atomic E-state index is 4.48. The summed E-state index contributed by atoms with van der Waals surface area (Å²) in [6.45, 7) is 9.09. The van der Waals surface area contributed by atoms with E-state index in [-0.39, 0.29) is 12.4 Å². The Morgan fingerprint density at radius 1 is 1.16 bits per heavy atom. The zero-order valence-corrected chi connectivity index (χ0v) is 13.0. The molecule has 0 amide bonds. The highest BCUT2D eigenvalue weighted by atomic mass is 35.5. The van der Waals surface area contributed by atoms with Crippen LogP contribution >= 0.6 is 12.4 Å². The van der Waals surface area contributed by atoms with Crippen molar-refractivity contribution in [2.45, 2.75) is 40.3 Å². The van der Waals surface area contributed by atoms with Crippen molar-refractivity contribution in [1.82, 2.24) is 19.6 Å². The normalized spacial score (nSPS) is 10.6. The second kappa shape index (κ2) is 6.10. The van der Waals surface area contributed by atoms with Crippen LogP contribution in [0.4, 0.5) is 5.69 Å². The molecular formula is C13H22ClN5. The van der Waals surface area contributed by atoms with Crippen molar-refractivity contribution < 1.29 is 0 Å². The molecule has 0 atom stereocenters. The van der Waals surface area contributed by atoms with E-state index in [9.17, 15) is 0 Å². The third-order valence-corrected chi connectivity index (χ3v) is 3.03. The van der Waals surface area contributed by atoms with Gasteiger partial charge in [-0.15, -0.1) is 12.4 Å². The van der Waals surface area contributed by atoms with Crippen molar-refractivity contribution in [2.24, 2.45) is 7.05 Å². The van der Waals surface area contributed by atoms with Gasteiger partial charge in [0.25, 0.3) is 0 Å². The van der Waals surface area contributed by atoms with Crippen molar-refractivity contribution in [3.63, 3.8) is 0 Å². The number of anilines is 1. The van der Waals surface area contributed by atoms with Crippen LogP contribution in [0.25, 0.3) is 0 Å². The molecule has 0 aliphatic rings. The fourth-order valence-corrected chi connectivity index (χ4v) is 1.93. The third kappa shape index (κ3) is 3.50. The summed E-state index contributed by atoms with van der Waals surface area (Å²) in [5.41, 5.74) is 4.41. The highest BCUT2D eigenvalue weighted by molar-refractivity contribution is 5.85. The van der Waals surface area contributed by atoms with Gasteiger partial charge in [-0.1, -0.05) is 0 Å². The van der Waals surface area contributed by atoms with E-state index in [1.54, 1.807) is 0 Å². The van der Waals surface area contributed by atoms with Gasteiger partial charge in [-0.3, -0.25) is 9.36 Å². The molecule has 6 heteroatoms. The van der Waals surface area contributed by atoms with Crippen molar-refractivity contribution in [3.8, 4) is 0 Å². The molecule has 0 fully saturated rings. The Bertz CT molecular complexity index is 541. The summed E-state index contributed by atoms with van der Waals surface area (Å²) in [7, 11) is 1.94. The predicted molar refractivity (Wildman–Crippen MR) is 79.9 cm³/mol. The zero-order chi connectivity index (χ0) is 13.3. The molecule has 1 N–H and O–H groups in total. The van der Waals surface area contributed by atoms with Gasteiger partial charge in [0.05, 0.1) is 17.1 Å². The van der Waals surface area contributed by atoms with Crippen LogP contribution in [0.15, 0.2) is 12.4 Å². The third-order valence-electron chi connectivity index (χ3n) is 3.03. The summed E-state index contributed by atoms with van der Waals surface area (Å²) in [5, 5.41) is 12.2. The highest BCUT2D eigenvalue weighted by Crippen LogP contribution is 2.17. The van der Waals surface area contributed by atoms with E-state index in [1.807, 2.05) is 36.5 Å². The van der Waals surface area contributed by atoms with E-state index in [0.717, 1.165) is 23.6 Å². The van der Waals surface area contributed by atoms with Crippen LogP contribution in [0, 0.1) is 13.8 Å². The van der Waals surface area contributed by atoms with Gasteiger partial charge in [-0.05, 0) is 27.7 Å². The Morgan fingerprint density at radius 3 is 2.32 bits per heavy atom. The van der Waals surface area contributed by atoms with Gasteiger partial charge in [0.2, 0.25) is 0 Å². The van der Waals surface area contributed by atoms with E-state index in [0.29, 0.717) is 6.04 Å². The van der Waals surface area contributed by atoms with Crippen molar-refractivity contribution >= 4 is 18.1 Å². The van der Waals surface area contributed by atoms with Crippen molar-refractivity contribution in [3.05, 3.63) is 29.3 Å². The molecule has 0 spiro atoms. The number of hydrogen-bond donors (Lipinski definition) is 1. The average Bonchev–Trinajstić information content (AvgIpc) is 2.79. The number of aryl methyl sites for hydroxylation is 3. The van der Waals surface area contributed by atoms with Gasteiger partial charge in [-0.25, -0.2) is 0 Å². The molecule has 0 saturated carbocycles. The quantitative estimate of drug-likeness (QED) is 0.939. The Kier molecular flexibility index (Phi) is 5.00. The van der Waals surface area contributed by atoms with E-state index < -0.39 is 0 Å². The summed E-state index contributed by atoms with van der Waals surface area (Å²) >= 11 is 0. The number of rotatable bonds is 4. The van der Waals surface area contributed by atoms with E-state index >= 15 is 0 Å². The minimum atomic E-state index is 0. The lowest BCUT2D eigenvalue weighted by molar-refractivity contribution is 0.529. The standard InChI is InChI=1S/C13H21N5.ClH/c1-9(2)18-8-13(11(4)16-18)14-6-12-7-17(5)15-10(12)3;/h7-9,14H,6H2,1-5H3;1H. The van der Waals surface area contributed by atoms with Gasteiger partial charge in [-0.2, -0.15) is 10.2 Å². The largest absolute Gasteiger partial charge is 0.378 e. The molecule has 2 aromatic heterocycles. The Balaban J connectivity index is 0.00000180. The van der Waals surface area contributed by atoms with Crippen LogP contribution in [0.3, 0.4) is 0 Å². The summed E-state index contributed by atoms with van der Waals surface area (Å²) in [4.78, 5) is 0. The summed E-state index contributed by atoms with van der Waals surface area (Å²) in [6.07, 6.45) is 4.11. The minimum Gasteiger partial charge on any atom is -0.378 e. The van der Waals surface area contributed by atoms with Gasteiger partial charge >= 0.3 is 0 Å². The molecule has 106 valence electrons. The first-order chi connectivity index (χ1) is 8.47. The first-order valence-corrected chi connectivity index (χ1v) is 6.26. The molecule has 0 unspecified atom stereocenters. The highest BCUT2D eigenvalue weighted by Gasteiger charge is 2.08. The van der Waals surface area contributed by atoms with Crippen LogP contribution in [0.1, 0.15) is 36.8 Å². The number of nitrogens with one attached hydrogen (secondary N) is 1. The van der Waals surface area contributed by atoms with Crippen LogP contribution in [0.2, 0.25) is 0 Å². The van der Waals surface area contributed by atoms with Crippen molar-refractivity contribution in [1.29, 1.82) is 0 Å². The smallest absolute Gasteiger partial charge is 0.0825 e. The number of aromatic nitrogens is 4. The lowest BCUT2D eigenvalue weighted by atomic mass is 10.2. The van der Waals surface area contributed by atoms with E-state index in [2.05, 4.69) is 35.6 Å². The Labute approximate surface area is 120 Å². The Morgan fingerprint density at radius 2 is 1.84 bits per heavy atom. The molecule has 0 aromatic carbocycles. The van der Waals surface area contributed by atoms with Gasteiger partial charge in [0.1, 0.15) is 0 Å². The lowest BCUT2D eigenvalue weighted by Gasteiger charge is -2.04. The molecule has 0 aliphatic carbocycles. The first-order valence-electron chi connectivity index (χ1n) is 6.26. The molecule has 5 nitrogen and oxygen atoms in total. The van der Waals surface area contributed by atoms with Crippen molar-refractivity contribution in [2.75, 3.05) is 5.32 Å². The lowest BCUT2D eigenvalue weighted by Crippen LogP contribution is -2.01. The molecular weight excluding hydrogens is 262 g/mol. The summed E-state index contributed by atoms with van der Waals surface area (Å²) < 4.78 is 3.82. The molecule has 2 rings (SSSR count). The first kappa shape index (κ1) is 15.6. The SMILES string of the molecule is Cc1nn(C)cc1CNc1cn(C(C)C)nc1C.Cl. The second-order valence-electron chi connectivity index (χ2n) is 4.97. The topological polar surface area (TPSA) is 47.7 Å². The Hall–Kier alpha value is -1.49.